The quantitative estimate of drug-likeness (QED) is 0.796. The summed E-state index contributed by atoms with van der Waals surface area (Å²) in [6, 6.07) is 2.10. The highest BCUT2D eigenvalue weighted by Gasteiger charge is 2.31. The summed E-state index contributed by atoms with van der Waals surface area (Å²) in [7, 11) is 0. The topological polar surface area (TPSA) is 65.1 Å². The summed E-state index contributed by atoms with van der Waals surface area (Å²) >= 11 is 0. The molecule has 0 unspecified atom stereocenters. The van der Waals surface area contributed by atoms with Crippen molar-refractivity contribution in [1.82, 2.24) is 10.3 Å². The summed E-state index contributed by atoms with van der Waals surface area (Å²) in [5.74, 6) is 2.34. The summed E-state index contributed by atoms with van der Waals surface area (Å²) in [5.41, 5.74) is 0. The van der Waals surface area contributed by atoms with Gasteiger partial charge < -0.3 is 14.6 Å². The maximum Gasteiger partial charge on any atom is 0.248 e. The van der Waals surface area contributed by atoms with Crippen molar-refractivity contribution in [3.05, 3.63) is 11.7 Å². The molecular weight excluding hydrogens is 204 g/mol. The molecule has 0 amide bonds. The number of oxazole rings is 1. The Hall–Kier alpha value is -1.54. The Morgan fingerprint density at radius 1 is 1.38 bits per heavy atom. The van der Waals surface area contributed by atoms with Crippen LogP contribution < -0.4 is 10.2 Å². The molecule has 1 aliphatic heterocycles. The SMILES string of the molecule is N#Cc1oc(C2CC2)nc1N1CCNCC1. The van der Waals surface area contributed by atoms with E-state index in [-0.39, 0.29) is 0 Å². The monoisotopic (exact) mass is 218 g/mol. The van der Waals surface area contributed by atoms with E-state index in [2.05, 4.69) is 21.3 Å². The predicted octanol–water partition coefficient (Wildman–Crippen LogP) is 0.833. The second kappa shape index (κ2) is 3.80. The van der Waals surface area contributed by atoms with Crippen LogP contribution in [0.15, 0.2) is 4.42 Å². The first-order chi connectivity index (χ1) is 7.88. The third kappa shape index (κ3) is 1.65. The second-order valence-electron chi connectivity index (χ2n) is 4.33. The highest BCUT2D eigenvalue weighted by atomic mass is 16.4. The Labute approximate surface area is 94.1 Å². The summed E-state index contributed by atoms with van der Waals surface area (Å²) in [6.07, 6.45) is 2.29. The smallest absolute Gasteiger partial charge is 0.248 e. The number of rotatable bonds is 2. The van der Waals surface area contributed by atoms with Gasteiger partial charge >= 0.3 is 0 Å². The van der Waals surface area contributed by atoms with Gasteiger partial charge in [0.15, 0.2) is 5.82 Å². The molecule has 5 nitrogen and oxygen atoms in total. The number of hydrogen-bond acceptors (Lipinski definition) is 5. The Balaban J connectivity index is 1.88. The first kappa shape index (κ1) is 9.67. The van der Waals surface area contributed by atoms with Crippen molar-refractivity contribution in [2.24, 2.45) is 0 Å². The molecule has 16 heavy (non-hydrogen) atoms. The van der Waals surface area contributed by atoms with Crippen molar-refractivity contribution in [3.8, 4) is 6.07 Å². The van der Waals surface area contributed by atoms with Gasteiger partial charge in [0.2, 0.25) is 11.7 Å². The minimum absolute atomic E-state index is 0.379. The molecule has 0 aromatic carbocycles. The standard InChI is InChI=1S/C11H14N4O/c12-7-9-10(15-5-3-13-4-6-15)14-11(16-9)8-1-2-8/h8,13H,1-6H2. The van der Waals surface area contributed by atoms with Crippen LogP contribution in [0, 0.1) is 11.3 Å². The molecule has 2 fully saturated rings. The van der Waals surface area contributed by atoms with Gasteiger partial charge in [-0.3, -0.25) is 0 Å². The van der Waals surface area contributed by atoms with Crippen LogP contribution in [0.2, 0.25) is 0 Å². The largest absolute Gasteiger partial charge is 0.428 e. The van der Waals surface area contributed by atoms with E-state index in [0.29, 0.717) is 11.7 Å². The fourth-order valence-corrected chi connectivity index (χ4v) is 2.00. The molecule has 1 aliphatic carbocycles. The first-order valence-corrected chi connectivity index (χ1v) is 5.75. The molecule has 0 atom stereocenters. The molecule has 1 N–H and O–H groups in total. The zero-order valence-corrected chi connectivity index (χ0v) is 9.07. The molecule has 2 aliphatic rings. The average Bonchev–Trinajstić information content (AvgIpc) is 3.10. The van der Waals surface area contributed by atoms with Crippen molar-refractivity contribution in [3.63, 3.8) is 0 Å². The minimum Gasteiger partial charge on any atom is -0.428 e. The van der Waals surface area contributed by atoms with Crippen LogP contribution in [-0.4, -0.2) is 31.2 Å². The van der Waals surface area contributed by atoms with E-state index in [1.807, 2.05) is 0 Å². The van der Waals surface area contributed by atoms with Crippen LogP contribution in [0.5, 0.6) is 0 Å². The lowest BCUT2D eigenvalue weighted by atomic mass is 10.3. The molecule has 1 saturated carbocycles. The molecule has 1 aromatic heterocycles. The number of hydrogen-bond donors (Lipinski definition) is 1. The lowest BCUT2D eigenvalue weighted by molar-refractivity contribution is 0.486. The van der Waals surface area contributed by atoms with Crippen LogP contribution in [-0.2, 0) is 0 Å². The average molecular weight is 218 g/mol. The van der Waals surface area contributed by atoms with Crippen LogP contribution in [0.25, 0.3) is 0 Å². The molecular formula is C11H14N4O. The summed E-state index contributed by atoms with van der Waals surface area (Å²) in [5, 5.41) is 12.3. The molecule has 5 heteroatoms. The maximum atomic E-state index is 9.04. The minimum atomic E-state index is 0.379. The number of nitrogens with one attached hydrogen (secondary N) is 1. The number of aromatic nitrogens is 1. The van der Waals surface area contributed by atoms with E-state index in [0.717, 1.165) is 50.7 Å². The summed E-state index contributed by atoms with van der Waals surface area (Å²) < 4.78 is 5.51. The molecule has 0 bridgehead atoms. The Morgan fingerprint density at radius 2 is 2.12 bits per heavy atom. The van der Waals surface area contributed by atoms with Gasteiger partial charge in [0.1, 0.15) is 6.07 Å². The number of piperazine rings is 1. The van der Waals surface area contributed by atoms with E-state index < -0.39 is 0 Å². The molecule has 1 saturated heterocycles. The molecule has 3 rings (SSSR count). The summed E-state index contributed by atoms with van der Waals surface area (Å²) in [6.45, 7) is 3.67. The van der Waals surface area contributed by atoms with Gasteiger partial charge in [0.05, 0.1) is 0 Å². The number of anilines is 1. The van der Waals surface area contributed by atoms with Gasteiger partial charge in [-0.25, -0.2) is 0 Å². The number of nitriles is 1. The van der Waals surface area contributed by atoms with Crippen LogP contribution in [0.4, 0.5) is 5.82 Å². The van der Waals surface area contributed by atoms with E-state index in [1.54, 1.807) is 0 Å². The zero-order chi connectivity index (χ0) is 11.0. The summed E-state index contributed by atoms with van der Waals surface area (Å²) in [4.78, 5) is 6.61. The Kier molecular flexibility index (Phi) is 2.29. The maximum absolute atomic E-state index is 9.04. The van der Waals surface area contributed by atoms with Crippen molar-refractivity contribution < 1.29 is 4.42 Å². The lowest BCUT2D eigenvalue weighted by Crippen LogP contribution is -2.44. The highest BCUT2D eigenvalue weighted by Crippen LogP contribution is 2.41. The van der Waals surface area contributed by atoms with Gasteiger partial charge in [0, 0.05) is 32.1 Å². The third-order valence-electron chi connectivity index (χ3n) is 3.07. The van der Waals surface area contributed by atoms with Crippen molar-refractivity contribution in [2.45, 2.75) is 18.8 Å². The highest BCUT2D eigenvalue weighted by molar-refractivity contribution is 5.49. The van der Waals surface area contributed by atoms with E-state index in [9.17, 15) is 0 Å². The van der Waals surface area contributed by atoms with E-state index in [1.165, 1.54) is 0 Å². The fourth-order valence-electron chi connectivity index (χ4n) is 2.00. The van der Waals surface area contributed by atoms with E-state index in [4.69, 9.17) is 9.68 Å². The van der Waals surface area contributed by atoms with Gasteiger partial charge in [0.25, 0.3) is 0 Å². The zero-order valence-electron chi connectivity index (χ0n) is 9.07. The predicted molar refractivity (Wildman–Crippen MR) is 58.3 cm³/mol. The van der Waals surface area contributed by atoms with Crippen molar-refractivity contribution >= 4 is 5.82 Å². The van der Waals surface area contributed by atoms with Crippen molar-refractivity contribution in [1.29, 1.82) is 5.26 Å². The first-order valence-electron chi connectivity index (χ1n) is 5.75. The third-order valence-corrected chi connectivity index (χ3v) is 3.07. The Morgan fingerprint density at radius 3 is 2.75 bits per heavy atom. The van der Waals surface area contributed by atoms with Crippen LogP contribution in [0.3, 0.4) is 0 Å². The van der Waals surface area contributed by atoms with Gasteiger partial charge in [-0.15, -0.1) is 0 Å². The van der Waals surface area contributed by atoms with Gasteiger partial charge in [-0.1, -0.05) is 0 Å². The molecule has 84 valence electrons. The number of nitrogens with zero attached hydrogens (tertiary/aromatic N) is 3. The molecule has 1 aromatic rings. The second-order valence-corrected chi connectivity index (χ2v) is 4.33. The lowest BCUT2D eigenvalue weighted by Gasteiger charge is -2.26. The van der Waals surface area contributed by atoms with E-state index >= 15 is 0 Å². The molecule has 2 heterocycles. The molecule has 0 spiro atoms. The van der Waals surface area contributed by atoms with Crippen LogP contribution in [0.1, 0.15) is 30.4 Å². The van der Waals surface area contributed by atoms with Crippen LogP contribution >= 0.6 is 0 Å². The normalized spacial score (nSPS) is 20.8. The van der Waals surface area contributed by atoms with Gasteiger partial charge in [-0.05, 0) is 12.8 Å². The Bertz CT molecular complexity index is 424. The van der Waals surface area contributed by atoms with Crippen molar-refractivity contribution in [2.75, 3.05) is 31.1 Å². The fraction of sp³-hybridized carbons (Fsp3) is 0.636. The molecule has 0 radical (unpaired) electrons. The van der Waals surface area contributed by atoms with Gasteiger partial charge in [-0.2, -0.15) is 10.2 Å².